The van der Waals surface area contributed by atoms with Crippen LogP contribution in [0.2, 0.25) is 0 Å². The first-order chi connectivity index (χ1) is 15.0. The molecule has 0 aliphatic carbocycles. The van der Waals surface area contributed by atoms with E-state index in [1.807, 2.05) is 0 Å². The lowest BCUT2D eigenvalue weighted by atomic mass is 10.1. The summed E-state index contributed by atoms with van der Waals surface area (Å²) < 4.78 is 80.1. The van der Waals surface area contributed by atoms with E-state index in [1.165, 1.54) is 12.3 Å². The van der Waals surface area contributed by atoms with Gasteiger partial charge in [-0.25, -0.2) is 15.0 Å². The quantitative estimate of drug-likeness (QED) is 0.336. The Hall–Kier alpha value is -4.07. The molecular weight excluding hydrogens is 436 g/mol. The summed E-state index contributed by atoms with van der Waals surface area (Å²) in [4.78, 5) is 12.0. The Morgan fingerprint density at radius 1 is 0.844 bits per heavy atom. The first-order valence-corrected chi connectivity index (χ1v) is 8.89. The Morgan fingerprint density at radius 2 is 1.56 bits per heavy atom. The van der Waals surface area contributed by atoms with Crippen LogP contribution in [0.15, 0.2) is 55.0 Å². The number of halogens is 6. The summed E-state index contributed by atoms with van der Waals surface area (Å²) in [7, 11) is 0. The van der Waals surface area contributed by atoms with Gasteiger partial charge >= 0.3 is 12.4 Å². The summed E-state index contributed by atoms with van der Waals surface area (Å²) in [6.07, 6.45) is -7.01. The molecule has 3 heterocycles. The van der Waals surface area contributed by atoms with Gasteiger partial charge in [-0.05, 0) is 36.3 Å². The Bertz CT molecular complexity index is 1340. The second-order valence-electron chi connectivity index (χ2n) is 6.61. The molecular formula is C21H11F6N5. The zero-order valence-electron chi connectivity index (χ0n) is 15.8. The van der Waals surface area contributed by atoms with Gasteiger partial charge in [-0.3, -0.25) is 4.40 Å². The zero-order chi connectivity index (χ0) is 23.1. The van der Waals surface area contributed by atoms with E-state index < -0.39 is 23.6 Å². The van der Waals surface area contributed by atoms with Crippen molar-refractivity contribution in [2.24, 2.45) is 0 Å². The molecule has 0 fully saturated rings. The van der Waals surface area contributed by atoms with Gasteiger partial charge in [0.25, 0.3) is 0 Å². The third kappa shape index (κ3) is 4.20. The van der Waals surface area contributed by atoms with Gasteiger partial charge in [0.05, 0.1) is 11.3 Å². The smallest absolute Gasteiger partial charge is 0.384 e. The van der Waals surface area contributed by atoms with E-state index in [0.717, 1.165) is 41.1 Å². The molecule has 5 nitrogen and oxygen atoms in total. The van der Waals surface area contributed by atoms with Crippen LogP contribution in [0, 0.1) is 11.8 Å². The van der Waals surface area contributed by atoms with Crippen molar-refractivity contribution in [3.63, 3.8) is 0 Å². The normalized spacial score (nSPS) is 11.9. The minimum Gasteiger partial charge on any atom is -0.384 e. The van der Waals surface area contributed by atoms with Gasteiger partial charge in [0, 0.05) is 17.3 Å². The highest BCUT2D eigenvalue weighted by atomic mass is 19.4. The van der Waals surface area contributed by atoms with Crippen molar-refractivity contribution in [2.45, 2.75) is 12.4 Å². The monoisotopic (exact) mass is 447 g/mol. The molecule has 0 radical (unpaired) electrons. The van der Waals surface area contributed by atoms with Crippen LogP contribution in [0.4, 0.5) is 32.2 Å². The molecule has 0 atom stereocenters. The number of hydrogen-bond donors (Lipinski definition) is 1. The number of nitrogens with zero attached hydrogens (tertiary/aromatic N) is 4. The van der Waals surface area contributed by atoms with Crippen molar-refractivity contribution in [2.75, 3.05) is 5.73 Å². The van der Waals surface area contributed by atoms with Gasteiger partial charge in [0.2, 0.25) is 0 Å². The average molecular weight is 447 g/mol. The molecule has 0 aliphatic rings. The summed E-state index contributed by atoms with van der Waals surface area (Å²) in [5, 5.41) is 0. The van der Waals surface area contributed by atoms with E-state index in [2.05, 4.69) is 26.8 Å². The van der Waals surface area contributed by atoms with E-state index in [4.69, 9.17) is 5.73 Å². The number of imidazole rings is 1. The van der Waals surface area contributed by atoms with E-state index in [-0.39, 0.29) is 28.4 Å². The molecule has 4 aromatic rings. The molecule has 0 unspecified atom stereocenters. The number of nitrogen functional groups attached to an aromatic ring is 1. The maximum absolute atomic E-state index is 13.7. The predicted octanol–water partition coefficient (Wildman–Crippen LogP) is 4.81. The lowest BCUT2D eigenvalue weighted by Gasteiger charge is -2.12. The fourth-order valence-corrected chi connectivity index (χ4v) is 2.87. The maximum Gasteiger partial charge on any atom is 0.431 e. The van der Waals surface area contributed by atoms with E-state index in [1.54, 1.807) is 6.07 Å². The standard InChI is InChI=1S/C21H11F6N5/c22-20(23,24)14-5-3-13(4-6-14)16-9-17(21(25,26)27)32-11-30-15(19(32)31-16)7-1-12-2-8-18(28)29-10-12/h2-6,8-11H,(H2,28,29). The highest BCUT2D eigenvalue weighted by molar-refractivity contribution is 5.66. The van der Waals surface area contributed by atoms with Gasteiger partial charge in [-0.2, -0.15) is 26.3 Å². The van der Waals surface area contributed by atoms with Crippen LogP contribution in [0.3, 0.4) is 0 Å². The first-order valence-electron chi connectivity index (χ1n) is 8.89. The molecule has 4 rings (SSSR count). The predicted molar refractivity (Wildman–Crippen MR) is 103 cm³/mol. The zero-order valence-corrected chi connectivity index (χ0v) is 15.8. The molecule has 0 bridgehead atoms. The summed E-state index contributed by atoms with van der Waals surface area (Å²) in [6, 6.07) is 7.51. The number of benzene rings is 1. The van der Waals surface area contributed by atoms with Crippen molar-refractivity contribution >= 4 is 11.5 Å². The highest BCUT2D eigenvalue weighted by Gasteiger charge is 2.35. The molecule has 32 heavy (non-hydrogen) atoms. The second-order valence-corrected chi connectivity index (χ2v) is 6.61. The molecule has 0 spiro atoms. The van der Waals surface area contributed by atoms with Crippen molar-refractivity contribution in [1.29, 1.82) is 0 Å². The van der Waals surface area contributed by atoms with Crippen LogP contribution in [0.5, 0.6) is 0 Å². The van der Waals surface area contributed by atoms with Crippen molar-refractivity contribution in [3.8, 4) is 23.1 Å². The van der Waals surface area contributed by atoms with Gasteiger partial charge < -0.3 is 5.73 Å². The van der Waals surface area contributed by atoms with Crippen molar-refractivity contribution < 1.29 is 26.3 Å². The van der Waals surface area contributed by atoms with Gasteiger partial charge in [-0.1, -0.05) is 18.1 Å². The molecule has 2 N–H and O–H groups in total. The minimum atomic E-state index is -4.77. The number of fused-ring (bicyclic) bond motifs is 1. The van der Waals surface area contributed by atoms with Crippen LogP contribution in [0.25, 0.3) is 16.9 Å². The second kappa shape index (κ2) is 7.56. The molecule has 0 saturated heterocycles. The van der Waals surface area contributed by atoms with Gasteiger partial charge in [0.1, 0.15) is 17.8 Å². The fraction of sp³-hybridized carbons (Fsp3) is 0.0952. The summed E-state index contributed by atoms with van der Waals surface area (Å²) in [5.74, 6) is 5.64. The molecule has 3 aromatic heterocycles. The number of alkyl halides is 6. The van der Waals surface area contributed by atoms with Crippen LogP contribution >= 0.6 is 0 Å². The van der Waals surface area contributed by atoms with Crippen LogP contribution in [-0.2, 0) is 12.4 Å². The fourth-order valence-electron chi connectivity index (χ4n) is 2.87. The third-order valence-corrected chi connectivity index (χ3v) is 4.41. The number of nitrogens with two attached hydrogens (primary N) is 1. The Morgan fingerprint density at radius 3 is 2.16 bits per heavy atom. The van der Waals surface area contributed by atoms with Crippen LogP contribution in [-0.4, -0.2) is 19.4 Å². The SMILES string of the molecule is Nc1ccc(C#Cc2ncn3c(C(F)(F)F)cc(-c4ccc(C(F)(F)F)cc4)nc23)cn1. The lowest BCUT2D eigenvalue weighted by molar-refractivity contribution is -0.142. The van der Waals surface area contributed by atoms with E-state index >= 15 is 0 Å². The van der Waals surface area contributed by atoms with E-state index in [9.17, 15) is 26.3 Å². The number of anilines is 1. The summed E-state index contributed by atoms with van der Waals surface area (Å²) in [6.45, 7) is 0. The first kappa shape index (κ1) is 21.2. The largest absolute Gasteiger partial charge is 0.431 e. The Labute approximate surface area is 176 Å². The molecule has 162 valence electrons. The molecule has 0 amide bonds. The molecule has 1 aromatic carbocycles. The van der Waals surface area contributed by atoms with Crippen molar-refractivity contribution in [1.82, 2.24) is 19.4 Å². The molecule has 11 heteroatoms. The van der Waals surface area contributed by atoms with Crippen LogP contribution in [0.1, 0.15) is 22.5 Å². The highest BCUT2D eigenvalue weighted by Crippen LogP contribution is 2.34. The summed E-state index contributed by atoms with van der Waals surface area (Å²) in [5.41, 5.74) is 3.62. The summed E-state index contributed by atoms with van der Waals surface area (Å²) >= 11 is 0. The van der Waals surface area contributed by atoms with Crippen LogP contribution < -0.4 is 5.73 Å². The number of rotatable bonds is 1. The Balaban J connectivity index is 1.85. The topological polar surface area (TPSA) is 69.1 Å². The van der Waals surface area contributed by atoms with E-state index in [0.29, 0.717) is 5.56 Å². The van der Waals surface area contributed by atoms with Crippen molar-refractivity contribution in [3.05, 3.63) is 77.5 Å². The molecule has 0 saturated carbocycles. The van der Waals surface area contributed by atoms with Gasteiger partial charge in [0.15, 0.2) is 11.3 Å². The lowest BCUT2D eigenvalue weighted by Crippen LogP contribution is -2.12. The average Bonchev–Trinajstić information content (AvgIpc) is 3.14. The Kier molecular flexibility index (Phi) is 5.00. The number of pyridine rings is 1. The van der Waals surface area contributed by atoms with Gasteiger partial charge in [-0.15, -0.1) is 0 Å². The number of hydrogen-bond acceptors (Lipinski definition) is 4. The minimum absolute atomic E-state index is 0.0407. The maximum atomic E-state index is 13.7. The third-order valence-electron chi connectivity index (χ3n) is 4.41. The number of aromatic nitrogens is 4. The molecule has 0 aliphatic heterocycles.